The second kappa shape index (κ2) is 15.6. The summed E-state index contributed by atoms with van der Waals surface area (Å²) >= 11 is 0. The van der Waals surface area contributed by atoms with Gasteiger partial charge in [-0.25, -0.2) is 0 Å². The van der Waals surface area contributed by atoms with Crippen molar-refractivity contribution < 1.29 is 9.53 Å². The number of ether oxygens (including phenoxy) is 1. The first kappa shape index (κ1) is 27.2. The summed E-state index contributed by atoms with van der Waals surface area (Å²) in [5.41, 5.74) is 5.41. The van der Waals surface area contributed by atoms with Crippen molar-refractivity contribution in [3.8, 4) is 5.75 Å². The lowest BCUT2D eigenvalue weighted by molar-refractivity contribution is 0.104. The molecule has 0 aliphatic carbocycles. The highest BCUT2D eigenvalue weighted by molar-refractivity contribution is 6.06. The molecule has 0 aromatic heterocycles. The van der Waals surface area contributed by atoms with Crippen LogP contribution in [0, 0.1) is 0 Å². The smallest absolute Gasteiger partial charge is 0.185 e. The average molecular weight is 481 g/mol. The largest absolute Gasteiger partial charge is 0.494 e. The molecule has 0 N–H and O–H groups in total. The minimum absolute atomic E-state index is 0.0396. The molecule has 0 aliphatic rings. The second-order valence-corrected chi connectivity index (χ2v) is 9.54. The van der Waals surface area contributed by atoms with E-state index in [1.165, 1.54) is 56.1 Å². The Balaban J connectivity index is 1.18. The van der Waals surface area contributed by atoms with E-state index < -0.39 is 0 Å². The third kappa shape index (κ3) is 10.1. The van der Waals surface area contributed by atoms with Gasteiger partial charge in [0.2, 0.25) is 0 Å². The minimum Gasteiger partial charge on any atom is -0.494 e. The first-order valence-electron chi connectivity index (χ1n) is 13.4. The van der Waals surface area contributed by atoms with Crippen molar-refractivity contribution >= 4 is 17.4 Å². The van der Waals surface area contributed by atoms with Crippen molar-refractivity contribution in [2.75, 3.05) is 6.61 Å². The molecule has 2 nitrogen and oxygen atoms in total. The maximum atomic E-state index is 12.2. The van der Waals surface area contributed by atoms with E-state index in [1.54, 1.807) is 6.08 Å². The van der Waals surface area contributed by atoms with Crippen LogP contribution in [0.4, 0.5) is 0 Å². The van der Waals surface area contributed by atoms with Crippen LogP contribution < -0.4 is 4.74 Å². The molecule has 0 saturated carbocycles. The lowest BCUT2D eigenvalue weighted by atomic mass is 10.0. The number of rotatable bonds is 16. The van der Waals surface area contributed by atoms with Gasteiger partial charge in [-0.15, -0.1) is 0 Å². The monoisotopic (exact) mass is 480 g/mol. The molecule has 0 unspecified atom stereocenters. The first-order valence-corrected chi connectivity index (χ1v) is 13.4. The van der Waals surface area contributed by atoms with E-state index in [0.29, 0.717) is 0 Å². The molecule has 0 spiro atoms. The molecule has 3 aromatic rings. The van der Waals surface area contributed by atoms with E-state index in [0.717, 1.165) is 41.9 Å². The van der Waals surface area contributed by atoms with Crippen LogP contribution in [0.3, 0.4) is 0 Å². The quantitative estimate of drug-likeness (QED) is 0.116. The summed E-state index contributed by atoms with van der Waals surface area (Å²) in [4.78, 5) is 12.2. The molecule has 0 bridgehead atoms. The zero-order chi connectivity index (χ0) is 25.4. The van der Waals surface area contributed by atoms with Gasteiger partial charge < -0.3 is 4.74 Å². The average Bonchev–Trinajstić information content (AvgIpc) is 2.91. The summed E-state index contributed by atoms with van der Waals surface area (Å²) in [6.07, 6.45) is 14.8. The van der Waals surface area contributed by atoms with Crippen molar-refractivity contribution in [2.45, 2.75) is 64.7 Å². The highest BCUT2D eigenvalue weighted by Gasteiger charge is 2.00. The number of unbranched alkanes of at least 4 members (excludes halogenated alkanes) is 7. The van der Waals surface area contributed by atoms with E-state index >= 15 is 0 Å². The van der Waals surface area contributed by atoms with Crippen LogP contribution in [0.1, 0.15) is 85.3 Å². The number of ketones is 1. The third-order valence-electron chi connectivity index (χ3n) is 6.44. The Morgan fingerprint density at radius 3 is 1.97 bits per heavy atom. The number of benzene rings is 3. The first-order chi connectivity index (χ1) is 17.6. The molecule has 3 aromatic carbocycles. The van der Waals surface area contributed by atoms with E-state index in [9.17, 15) is 4.79 Å². The standard InChI is InChI=1S/C34H40O2/c1-28(2)31-22-24-33(25-23-31)36-27-13-8-6-4-3-5-7-10-14-29-17-19-30(20-18-29)21-26-34(35)32-15-11-9-12-16-32/h9,11-12,15-26H,1,3-8,10,13-14,27H2,2H3/b26-21+. The number of aryl methyl sites for hydroxylation is 1. The van der Waals surface area contributed by atoms with E-state index in [2.05, 4.69) is 43.0 Å². The summed E-state index contributed by atoms with van der Waals surface area (Å²) in [5, 5.41) is 0. The predicted molar refractivity (Wildman–Crippen MR) is 154 cm³/mol. The van der Waals surface area contributed by atoms with Gasteiger partial charge in [-0.2, -0.15) is 0 Å². The number of allylic oxidation sites excluding steroid dienone is 2. The molecule has 188 valence electrons. The van der Waals surface area contributed by atoms with Gasteiger partial charge in [0.05, 0.1) is 6.61 Å². The van der Waals surface area contributed by atoms with Crippen molar-refractivity contribution in [2.24, 2.45) is 0 Å². The van der Waals surface area contributed by atoms with Crippen molar-refractivity contribution in [1.29, 1.82) is 0 Å². The third-order valence-corrected chi connectivity index (χ3v) is 6.44. The lowest BCUT2D eigenvalue weighted by Crippen LogP contribution is -1.97. The summed E-state index contributed by atoms with van der Waals surface area (Å²) in [6.45, 7) is 6.78. The fourth-order valence-corrected chi connectivity index (χ4v) is 4.18. The highest BCUT2D eigenvalue weighted by atomic mass is 16.5. The van der Waals surface area contributed by atoms with Crippen molar-refractivity contribution in [1.82, 2.24) is 0 Å². The van der Waals surface area contributed by atoms with Crippen LogP contribution in [0.5, 0.6) is 5.75 Å². The normalized spacial score (nSPS) is 11.0. The van der Waals surface area contributed by atoms with Crippen LogP contribution in [0.15, 0.2) is 91.5 Å². The molecule has 2 heteroatoms. The zero-order valence-electron chi connectivity index (χ0n) is 21.8. The van der Waals surface area contributed by atoms with Crippen LogP contribution in [0.25, 0.3) is 11.6 Å². The Hall–Kier alpha value is -3.39. The summed E-state index contributed by atoms with van der Waals surface area (Å²) in [6, 6.07) is 26.2. The van der Waals surface area contributed by atoms with Gasteiger partial charge in [0.1, 0.15) is 5.75 Å². The molecule has 0 fully saturated rings. The van der Waals surface area contributed by atoms with Crippen LogP contribution >= 0.6 is 0 Å². The highest BCUT2D eigenvalue weighted by Crippen LogP contribution is 2.18. The summed E-state index contributed by atoms with van der Waals surface area (Å²) < 4.78 is 5.84. The SMILES string of the molecule is C=C(C)c1ccc(OCCCCCCCCCCc2ccc(/C=C/C(=O)c3ccccc3)cc2)cc1. The van der Waals surface area contributed by atoms with E-state index in [-0.39, 0.29) is 5.78 Å². The molecule has 0 saturated heterocycles. The molecular formula is C34H40O2. The minimum atomic E-state index is 0.0396. The van der Waals surface area contributed by atoms with Gasteiger partial charge in [-0.3, -0.25) is 4.79 Å². The Kier molecular flexibility index (Phi) is 11.8. The maximum absolute atomic E-state index is 12.2. The van der Waals surface area contributed by atoms with Crippen molar-refractivity contribution in [3.05, 3.63) is 114 Å². The Labute approximate surface area is 217 Å². The van der Waals surface area contributed by atoms with Gasteiger partial charge in [0, 0.05) is 5.56 Å². The molecule has 0 radical (unpaired) electrons. The molecule has 3 rings (SSSR count). The topological polar surface area (TPSA) is 26.3 Å². The van der Waals surface area contributed by atoms with E-state index in [1.807, 2.05) is 55.5 Å². The lowest BCUT2D eigenvalue weighted by Gasteiger charge is -2.07. The summed E-state index contributed by atoms with van der Waals surface area (Å²) in [7, 11) is 0. The van der Waals surface area contributed by atoms with Gasteiger partial charge in [-0.1, -0.05) is 123 Å². The van der Waals surface area contributed by atoms with Gasteiger partial charge in [0.15, 0.2) is 5.78 Å². The van der Waals surface area contributed by atoms with Gasteiger partial charge in [0.25, 0.3) is 0 Å². The Bertz CT molecular complexity index is 1080. The van der Waals surface area contributed by atoms with Crippen LogP contribution in [-0.4, -0.2) is 12.4 Å². The predicted octanol–water partition coefficient (Wildman–Crippen LogP) is 9.36. The number of hydrogen-bond acceptors (Lipinski definition) is 2. The molecule has 0 amide bonds. The molecule has 36 heavy (non-hydrogen) atoms. The van der Waals surface area contributed by atoms with Crippen LogP contribution in [-0.2, 0) is 6.42 Å². The Morgan fingerprint density at radius 1 is 0.722 bits per heavy atom. The van der Waals surface area contributed by atoms with Crippen LogP contribution in [0.2, 0.25) is 0 Å². The zero-order valence-corrected chi connectivity index (χ0v) is 21.8. The van der Waals surface area contributed by atoms with E-state index in [4.69, 9.17) is 4.74 Å². The van der Waals surface area contributed by atoms with Gasteiger partial charge >= 0.3 is 0 Å². The Morgan fingerprint density at radius 2 is 1.33 bits per heavy atom. The molecule has 0 heterocycles. The number of carbonyl (C=O) groups excluding carboxylic acids is 1. The fourth-order valence-electron chi connectivity index (χ4n) is 4.18. The second-order valence-electron chi connectivity index (χ2n) is 9.54. The van der Waals surface area contributed by atoms with Crippen molar-refractivity contribution in [3.63, 3.8) is 0 Å². The fraction of sp³-hybridized carbons (Fsp3) is 0.324. The summed E-state index contributed by atoms with van der Waals surface area (Å²) in [5.74, 6) is 0.988. The number of hydrogen-bond donors (Lipinski definition) is 0. The number of carbonyl (C=O) groups is 1. The molecule has 0 aliphatic heterocycles. The molecular weight excluding hydrogens is 440 g/mol. The molecule has 0 atom stereocenters. The maximum Gasteiger partial charge on any atom is 0.185 e. The van der Waals surface area contributed by atoms with Gasteiger partial charge in [-0.05, 0) is 61.1 Å².